The highest BCUT2D eigenvalue weighted by atomic mass is 32.2. The molecule has 0 radical (unpaired) electrons. The number of amidine groups is 1. The molecule has 5 nitrogen and oxygen atoms in total. The van der Waals surface area contributed by atoms with Gasteiger partial charge in [0.05, 0.1) is 24.9 Å². The van der Waals surface area contributed by atoms with Crippen LogP contribution in [0.15, 0.2) is 47.6 Å². The number of anilines is 1. The minimum absolute atomic E-state index is 0.0565. The second-order valence-corrected chi connectivity index (χ2v) is 8.96. The van der Waals surface area contributed by atoms with Crippen molar-refractivity contribution in [1.29, 1.82) is 0 Å². The molecule has 2 aromatic rings. The van der Waals surface area contributed by atoms with Crippen LogP contribution in [0.1, 0.15) is 42.2 Å². The first-order chi connectivity index (χ1) is 14.3. The number of hydrogen-bond acceptors (Lipinski definition) is 6. The third kappa shape index (κ3) is 3.42. The maximum absolute atomic E-state index is 5.52. The molecule has 4 heterocycles. The van der Waals surface area contributed by atoms with E-state index in [1.165, 1.54) is 22.0 Å². The first-order valence-electron chi connectivity index (χ1n) is 10.6. The van der Waals surface area contributed by atoms with Gasteiger partial charge < -0.3 is 14.5 Å². The smallest absolute Gasteiger partial charge is 0.160 e. The monoisotopic (exact) mass is 408 g/mol. The zero-order chi connectivity index (χ0) is 19.8. The predicted molar refractivity (Wildman–Crippen MR) is 120 cm³/mol. The number of rotatable bonds is 4. The van der Waals surface area contributed by atoms with E-state index in [2.05, 4.69) is 59.0 Å². The van der Waals surface area contributed by atoms with E-state index in [0.29, 0.717) is 6.04 Å². The number of hydrogen-bond donors (Lipinski definition) is 0. The molecule has 1 aromatic heterocycles. The van der Waals surface area contributed by atoms with Crippen LogP contribution in [0.3, 0.4) is 0 Å². The molecule has 0 N–H and O–H groups in total. The van der Waals surface area contributed by atoms with Gasteiger partial charge in [0.1, 0.15) is 6.04 Å². The SMILES string of the molecule is CCC1CSC2=NC(c3ccccn3)C(c3ccc(N4CCOCC4)cc3C)N21. The molecule has 29 heavy (non-hydrogen) atoms. The number of ether oxygens (including phenoxy) is 1. The molecule has 3 unspecified atom stereocenters. The Labute approximate surface area is 177 Å². The maximum Gasteiger partial charge on any atom is 0.160 e. The van der Waals surface area contributed by atoms with Crippen molar-refractivity contribution in [3.8, 4) is 0 Å². The van der Waals surface area contributed by atoms with Crippen LogP contribution in [-0.2, 0) is 4.74 Å². The standard InChI is InChI=1S/C23H28N4OS/c1-3-17-15-29-23-25-21(20-6-4-5-9-24-20)22(27(17)23)19-8-7-18(14-16(19)2)26-10-12-28-13-11-26/h4-9,14,17,21-22H,3,10-13,15H2,1-2H3. The molecule has 152 valence electrons. The number of aryl methyl sites for hydroxylation is 1. The van der Waals surface area contributed by atoms with E-state index in [0.717, 1.165) is 44.2 Å². The van der Waals surface area contributed by atoms with E-state index < -0.39 is 0 Å². The van der Waals surface area contributed by atoms with Gasteiger partial charge in [0.15, 0.2) is 5.17 Å². The molecule has 2 saturated heterocycles. The average Bonchev–Trinajstić information content (AvgIpc) is 3.34. The Morgan fingerprint density at radius 1 is 1.17 bits per heavy atom. The number of aliphatic imine (C=N–C) groups is 1. The zero-order valence-electron chi connectivity index (χ0n) is 17.1. The zero-order valence-corrected chi connectivity index (χ0v) is 17.9. The van der Waals surface area contributed by atoms with Gasteiger partial charge in [-0.3, -0.25) is 9.98 Å². The molecule has 6 heteroatoms. The Balaban J connectivity index is 1.52. The van der Waals surface area contributed by atoms with Gasteiger partial charge in [0, 0.05) is 36.8 Å². The third-order valence-corrected chi connectivity index (χ3v) is 7.40. The summed E-state index contributed by atoms with van der Waals surface area (Å²) in [5.41, 5.74) is 5.07. The summed E-state index contributed by atoms with van der Waals surface area (Å²) in [5.74, 6) is 1.13. The lowest BCUT2D eigenvalue weighted by molar-refractivity contribution is 0.122. The second kappa shape index (κ2) is 8.00. The Hall–Kier alpha value is -2.05. The summed E-state index contributed by atoms with van der Waals surface area (Å²) in [6.45, 7) is 8.08. The molecule has 3 atom stereocenters. The van der Waals surface area contributed by atoms with Gasteiger partial charge in [-0.25, -0.2) is 0 Å². The fourth-order valence-corrected chi connectivity index (χ4v) is 6.03. The first kappa shape index (κ1) is 18.9. The van der Waals surface area contributed by atoms with Gasteiger partial charge in [-0.1, -0.05) is 30.8 Å². The molecule has 5 rings (SSSR count). The molecule has 1 aromatic carbocycles. The van der Waals surface area contributed by atoms with Crippen LogP contribution in [0, 0.1) is 6.92 Å². The number of nitrogens with zero attached hydrogens (tertiary/aromatic N) is 4. The lowest BCUT2D eigenvalue weighted by Gasteiger charge is -2.34. The highest BCUT2D eigenvalue weighted by molar-refractivity contribution is 8.14. The van der Waals surface area contributed by atoms with Crippen LogP contribution in [0.25, 0.3) is 0 Å². The molecule has 0 bridgehead atoms. The molecular weight excluding hydrogens is 380 g/mol. The Morgan fingerprint density at radius 3 is 2.76 bits per heavy atom. The summed E-state index contributed by atoms with van der Waals surface area (Å²) >= 11 is 1.90. The van der Waals surface area contributed by atoms with Crippen molar-refractivity contribution >= 4 is 22.6 Å². The third-order valence-electron chi connectivity index (χ3n) is 6.28. The summed E-state index contributed by atoms with van der Waals surface area (Å²) in [4.78, 5) is 14.8. The van der Waals surface area contributed by atoms with Gasteiger partial charge >= 0.3 is 0 Å². The van der Waals surface area contributed by atoms with Crippen molar-refractivity contribution in [2.24, 2.45) is 4.99 Å². The minimum Gasteiger partial charge on any atom is -0.378 e. The lowest BCUT2D eigenvalue weighted by atomic mass is 9.91. The van der Waals surface area contributed by atoms with Gasteiger partial charge in [-0.15, -0.1) is 0 Å². The summed E-state index contributed by atoms with van der Waals surface area (Å²) in [7, 11) is 0. The molecule has 3 aliphatic heterocycles. The Bertz CT molecular complexity index is 897. The Morgan fingerprint density at radius 2 is 2.03 bits per heavy atom. The number of thioether (sulfide) groups is 1. The maximum atomic E-state index is 5.52. The number of aromatic nitrogens is 1. The second-order valence-electron chi connectivity index (χ2n) is 7.98. The average molecular weight is 409 g/mol. The number of fused-ring (bicyclic) bond motifs is 1. The van der Waals surface area contributed by atoms with Crippen LogP contribution < -0.4 is 4.90 Å². The van der Waals surface area contributed by atoms with Crippen molar-refractivity contribution < 1.29 is 4.74 Å². The van der Waals surface area contributed by atoms with Crippen molar-refractivity contribution in [3.63, 3.8) is 0 Å². The first-order valence-corrected chi connectivity index (χ1v) is 11.6. The summed E-state index contributed by atoms with van der Waals surface area (Å²) in [6.07, 6.45) is 3.03. The quantitative estimate of drug-likeness (QED) is 0.758. The summed E-state index contributed by atoms with van der Waals surface area (Å²) < 4.78 is 5.52. The van der Waals surface area contributed by atoms with E-state index in [4.69, 9.17) is 9.73 Å². The Kier molecular flexibility index (Phi) is 5.22. The van der Waals surface area contributed by atoms with E-state index in [-0.39, 0.29) is 12.1 Å². The molecule has 0 saturated carbocycles. The van der Waals surface area contributed by atoms with Crippen molar-refractivity contribution in [2.75, 3.05) is 37.0 Å². The molecule has 3 aliphatic rings. The molecule has 0 aliphatic carbocycles. The van der Waals surface area contributed by atoms with E-state index >= 15 is 0 Å². The van der Waals surface area contributed by atoms with Crippen LogP contribution in [0.4, 0.5) is 5.69 Å². The van der Waals surface area contributed by atoms with Crippen molar-refractivity contribution in [1.82, 2.24) is 9.88 Å². The van der Waals surface area contributed by atoms with Crippen molar-refractivity contribution in [3.05, 3.63) is 59.4 Å². The van der Waals surface area contributed by atoms with Gasteiger partial charge in [-0.2, -0.15) is 0 Å². The largest absolute Gasteiger partial charge is 0.378 e. The topological polar surface area (TPSA) is 41.0 Å². The minimum atomic E-state index is 0.0565. The van der Waals surface area contributed by atoms with Gasteiger partial charge in [-0.05, 0) is 48.7 Å². The van der Waals surface area contributed by atoms with Crippen molar-refractivity contribution in [2.45, 2.75) is 38.4 Å². The van der Waals surface area contributed by atoms with Gasteiger partial charge in [0.2, 0.25) is 0 Å². The number of morpholine rings is 1. The number of pyridine rings is 1. The fraction of sp³-hybridized carbons (Fsp3) is 0.478. The summed E-state index contributed by atoms with van der Waals surface area (Å²) in [6, 6.07) is 13.9. The highest BCUT2D eigenvalue weighted by Crippen LogP contribution is 2.49. The van der Waals surface area contributed by atoms with E-state index in [1.807, 2.05) is 24.0 Å². The molecule has 0 amide bonds. The highest BCUT2D eigenvalue weighted by Gasteiger charge is 2.45. The molecule has 0 spiro atoms. The van der Waals surface area contributed by atoms with E-state index in [1.54, 1.807) is 0 Å². The molecule has 2 fully saturated rings. The van der Waals surface area contributed by atoms with Crippen LogP contribution in [0.2, 0.25) is 0 Å². The van der Waals surface area contributed by atoms with E-state index in [9.17, 15) is 0 Å². The lowest BCUT2D eigenvalue weighted by Crippen LogP contribution is -2.37. The van der Waals surface area contributed by atoms with Crippen LogP contribution in [-0.4, -0.2) is 53.1 Å². The van der Waals surface area contributed by atoms with Crippen LogP contribution in [0.5, 0.6) is 0 Å². The number of benzene rings is 1. The predicted octanol–water partition coefficient (Wildman–Crippen LogP) is 4.21. The normalized spacial score (nSPS) is 26.6. The molecular formula is C23H28N4OS. The van der Waals surface area contributed by atoms with Crippen LogP contribution >= 0.6 is 11.8 Å². The summed E-state index contributed by atoms with van der Waals surface area (Å²) in [5, 5.41) is 1.19. The van der Waals surface area contributed by atoms with Gasteiger partial charge in [0.25, 0.3) is 0 Å². The fourth-order valence-electron chi connectivity index (χ4n) is 4.70.